The Morgan fingerprint density at radius 2 is 0.978 bits per heavy atom. The molecule has 0 saturated heterocycles. The molecule has 0 aromatic rings. The number of phosphoric ester groups is 1. The van der Waals surface area contributed by atoms with E-state index >= 15 is 0 Å². The summed E-state index contributed by atoms with van der Waals surface area (Å²) in [7, 11) is -4.76. The molecule has 2 N–H and O–H groups in total. The van der Waals surface area contributed by atoms with Gasteiger partial charge in [0.05, 0.1) is 6.61 Å². The van der Waals surface area contributed by atoms with Crippen molar-refractivity contribution in [3.05, 3.63) is 48.6 Å². The Morgan fingerprint density at radius 1 is 0.565 bits per heavy atom. The van der Waals surface area contributed by atoms with E-state index in [1.165, 1.54) is 57.8 Å². The molecule has 0 bridgehead atoms. The molecule has 0 aromatic heterocycles. The number of rotatable bonds is 32. The molecule has 8 nitrogen and oxygen atoms in total. The number of hydrogen-bond donors (Lipinski definition) is 2. The zero-order valence-corrected chi connectivity index (χ0v) is 29.9. The molecule has 9 heteroatoms. The summed E-state index contributed by atoms with van der Waals surface area (Å²) in [6.45, 7) is 3.58. The van der Waals surface area contributed by atoms with Gasteiger partial charge < -0.3 is 19.3 Å². The molecular formula is C37H65O8P. The van der Waals surface area contributed by atoms with E-state index in [-0.39, 0.29) is 19.4 Å². The molecule has 0 heterocycles. The van der Waals surface area contributed by atoms with Gasteiger partial charge in [0.15, 0.2) is 6.10 Å². The second-order valence-electron chi connectivity index (χ2n) is 11.8. The summed E-state index contributed by atoms with van der Waals surface area (Å²) >= 11 is 0. The molecule has 0 aliphatic rings. The first-order valence-electron chi connectivity index (χ1n) is 17.9. The van der Waals surface area contributed by atoms with E-state index in [1.54, 1.807) is 0 Å². The molecular weight excluding hydrogens is 603 g/mol. The molecule has 0 spiro atoms. The highest BCUT2D eigenvalue weighted by atomic mass is 31.2. The Kier molecular flexibility index (Phi) is 31.5. The predicted octanol–water partition coefficient (Wildman–Crippen LogP) is 10.4. The lowest BCUT2D eigenvalue weighted by molar-refractivity contribution is -0.161. The molecule has 0 rings (SSSR count). The van der Waals surface area contributed by atoms with Crippen LogP contribution in [0.4, 0.5) is 0 Å². The van der Waals surface area contributed by atoms with Crippen LogP contribution in [0.2, 0.25) is 0 Å². The highest BCUT2D eigenvalue weighted by Gasteiger charge is 2.22. The number of carbonyl (C=O) groups is 2. The third kappa shape index (κ3) is 34.9. The van der Waals surface area contributed by atoms with Gasteiger partial charge in [-0.1, -0.05) is 114 Å². The van der Waals surface area contributed by atoms with E-state index in [9.17, 15) is 14.2 Å². The summed E-state index contributed by atoms with van der Waals surface area (Å²) in [6, 6.07) is 0. The minimum Gasteiger partial charge on any atom is -0.462 e. The van der Waals surface area contributed by atoms with Crippen LogP contribution in [-0.4, -0.2) is 41.0 Å². The van der Waals surface area contributed by atoms with Crippen molar-refractivity contribution in [1.29, 1.82) is 0 Å². The van der Waals surface area contributed by atoms with E-state index in [0.717, 1.165) is 57.8 Å². The van der Waals surface area contributed by atoms with Gasteiger partial charge in [0.2, 0.25) is 0 Å². The van der Waals surface area contributed by atoms with Crippen LogP contribution < -0.4 is 0 Å². The Bertz CT molecular complexity index is 890. The van der Waals surface area contributed by atoms with E-state index in [0.29, 0.717) is 12.8 Å². The van der Waals surface area contributed by atoms with Crippen LogP contribution >= 0.6 is 7.82 Å². The van der Waals surface area contributed by atoms with Crippen molar-refractivity contribution in [1.82, 2.24) is 0 Å². The van der Waals surface area contributed by atoms with Gasteiger partial charge in [0.1, 0.15) is 6.61 Å². The zero-order chi connectivity index (χ0) is 34.0. The van der Waals surface area contributed by atoms with Crippen LogP contribution in [0.5, 0.6) is 0 Å². The summed E-state index contributed by atoms with van der Waals surface area (Å²) in [5.41, 5.74) is 0. The summed E-state index contributed by atoms with van der Waals surface area (Å²) in [5, 5.41) is 0. The summed E-state index contributed by atoms with van der Waals surface area (Å²) in [4.78, 5) is 42.6. The predicted molar refractivity (Wildman–Crippen MR) is 188 cm³/mol. The molecule has 0 saturated carbocycles. The maximum atomic E-state index is 12.3. The van der Waals surface area contributed by atoms with Crippen LogP contribution in [-0.2, 0) is 28.2 Å². The number of ether oxygens (including phenoxy) is 2. The smallest absolute Gasteiger partial charge is 0.462 e. The third-order valence-corrected chi connectivity index (χ3v) is 7.81. The Labute approximate surface area is 280 Å². The van der Waals surface area contributed by atoms with Gasteiger partial charge in [-0.3, -0.25) is 14.1 Å². The number of carbonyl (C=O) groups excluding carboxylic acids is 2. The molecule has 0 aliphatic carbocycles. The molecule has 0 radical (unpaired) electrons. The highest BCUT2D eigenvalue weighted by Crippen LogP contribution is 2.35. The lowest BCUT2D eigenvalue weighted by Gasteiger charge is -2.18. The second kappa shape index (κ2) is 32.9. The van der Waals surface area contributed by atoms with Crippen molar-refractivity contribution in [2.75, 3.05) is 13.2 Å². The largest absolute Gasteiger partial charge is 0.469 e. The van der Waals surface area contributed by atoms with Crippen LogP contribution in [0.15, 0.2) is 48.6 Å². The summed E-state index contributed by atoms with van der Waals surface area (Å²) in [5.74, 6) is -0.953. The van der Waals surface area contributed by atoms with Crippen LogP contribution in [0, 0.1) is 0 Å². The maximum absolute atomic E-state index is 12.3. The molecule has 0 unspecified atom stereocenters. The van der Waals surface area contributed by atoms with E-state index in [4.69, 9.17) is 19.3 Å². The Balaban J connectivity index is 4.10. The van der Waals surface area contributed by atoms with Crippen LogP contribution in [0.1, 0.15) is 155 Å². The van der Waals surface area contributed by atoms with Crippen molar-refractivity contribution >= 4 is 19.8 Å². The first-order chi connectivity index (χ1) is 22.3. The van der Waals surface area contributed by atoms with Gasteiger partial charge >= 0.3 is 19.8 Å². The molecule has 0 fully saturated rings. The topological polar surface area (TPSA) is 119 Å². The fraction of sp³-hybridized carbons (Fsp3) is 0.730. The van der Waals surface area contributed by atoms with Crippen molar-refractivity contribution in [3.8, 4) is 0 Å². The van der Waals surface area contributed by atoms with Gasteiger partial charge in [-0.05, 0) is 77.0 Å². The molecule has 0 aromatic carbocycles. The number of esters is 2. The van der Waals surface area contributed by atoms with Gasteiger partial charge in [-0.2, -0.15) is 0 Å². The first-order valence-corrected chi connectivity index (χ1v) is 19.5. The molecule has 266 valence electrons. The number of allylic oxidation sites excluding steroid dienone is 8. The van der Waals surface area contributed by atoms with E-state index in [1.807, 2.05) is 0 Å². The van der Waals surface area contributed by atoms with Crippen molar-refractivity contribution in [2.45, 2.75) is 161 Å². The number of phosphoric acid groups is 1. The quantitative estimate of drug-likeness (QED) is 0.0315. The number of hydrogen-bond acceptors (Lipinski definition) is 6. The fourth-order valence-corrected chi connectivity index (χ4v) is 4.97. The molecule has 0 amide bonds. The fourth-order valence-electron chi connectivity index (χ4n) is 4.61. The normalized spacial score (nSPS) is 13.0. The standard InChI is InChI=1S/C37H65O8P/c1-3-5-7-9-11-13-15-17-18-20-22-24-26-28-30-32-37(39)45-35(34-44-46(40,41)42)33-43-36(38)31-29-27-25-23-21-19-16-14-12-10-8-6-4-2/h11,13,17-19,21-22,24,35H,3-10,12,14-16,20,23,25-34H2,1-2H3,(H2,40,41,42)/b13-11+,18-17+,21-19+,24-22+/t35-/m1/s1. The highest BCUT2D eigenvalue weighted by molar-refractivity contribution is 7.46. The van der Waals surface area contributed by atoms with Crippen molar-refractivity contribution in [2.24, 2.45) is 0 Å². The Hall–Kier alpha value is -1.99. The second-order valence-corrected chi connectivity index (χ2v) is 13.1. The molecule has 1 atom stereocenters. The van der Waals surface area contributed by atoms with Gasteiger partial charge in [0.25, 0.3) is 0 Å². The SMILES string of the molecule is CCCCC/C=C/C/C=C/C/C=C/CCCCC(=O)O[C@H](COC(=O)CCCCC/C=C/CCCCCCCC)COP(=O)(O)O. The summed E-state index contributed by atoms with van der Waals surface area (Å²) < 4.78 is 26.2. The van der Waals surface area contributed by atoms with Gasteiger partial charge in [-0.15, -0.1) is 0 Å². The average molecular weight is 669 g/mol. The van der Waals surface area contributed by atoms with E-state index < -0.39 is 32.5 Å². The Morgan fingerprint density at radius 3 is 1.57 bits per heavy atom. The first kappa shape index (κ1) is 44.0. The van der Waals surface area contributed by atoms with Gasteiger partial charge in [-0.25, -0.2) is 4.57 Å². The third-order valence-electron chi connectivity index (χ3n) is 7.32. The zero-order valence-electron chi connectivity index (χ0n) is 29.0. The maximum Gasteiger partial charge on any atom is 0.469 e. The lowest BCUT2D eigenvalue weighted by atomic mass is 10.1. The van der Waals surface area contributed by atoms with Crippen molar-refractivity contribution in [3.63, 3.8) is 0 Å². The summed E-state index contributed by atoms with van der Waals surface area (Å²) in [6.07, 6.45) is 38.3. The van der Waals surface area contributed by atoms with E-state index in [2.05, 4.69) is 67.0 Å². The van der Waals surface area contributed by atoms with Crippen LogP contribution in [0.3, 0.4) is 0 Å². The molecule has 0 aliphatic heterocycles. The minimum atomic E-state index is -4.76. The number of unbranched alkanes of at least 4 members (excludes halogenated alkanes) is 14. The lowest BCUT2D eigenvalue weighted by Crippen LogP contribution is -2.29. The average Bonchev–Trinajstić information content (AvgIpc) is 3.02. The van der Waals surface area contributed by atoms with Crippen molar-refractivity contribution < 1.29 is 37.9 Å². The van der Waals surface area contributed by atoms with Gasteiger partial charge in [0, 0.05) is 12.8 Å². The molecule has 46 heavy (non-hydrogen) atoms. The van der Waals surface area contributed by atoms with Crippen LogP contribution in [0.25, 0.3) is 0 Å². The monoisotopic (exact) mass is 668 g/mol. The minimum absolute atomic E-state index is 0.159.